The summed E-state index contributed by atoms with van der Waals surface area (Å²) in [5.41, 5.74) is 0.726. The van der Waals surface area contributed by atoms with Crippen molar-refractivity contribution < 1.29 is 14.7 Å². The number of anilines is 1. The molecule has 90 valence electrons. The third-order valence-electron chi connectivity index (χ3n) is 2.81. The topological polar surface area (TPSA) is 57.6 Å². The van der Waals surface area contributed by atoms with Gasteiger partial charge in [0.15, 0.2) is 0 Å². The molecule has 1 aliphatic rings. The molecular weight excluding hydrogens is 242 g/mol. The maximum atomic E-state index is 11.7. The summed E-state index contributed by atoms with van der Waals surface area (Å²) in [4.78, 5) is 24.1. The Morgan fingerprint density at radius 1 is 1.35 bits per heavy atom. The lowest BCUT2D eigenvalue weighted by molar-refractivity contribution is -0.119. The Morgan fingerprint density at radius 3 is 2.71 bits per heavy atom. The first-order chi connectivity index (χ1) is 8.09. The van der Waals surface area contributed by atoms with E-state index in [0.717, 1.165) is 12.8 Å². The number of rotatable bonds is 2. The molecule has 1 heterocycles. The number of carbonyl (C=O) groups excluding carboxylic acids is 1. The number of piperidine rings is 1. The first kappa shape index (κ1) is 11.9. The number of carboxylic acids is 1. The molecule has 0 aliphatic carbocycles. The van der Waals surface area contributed by atoms with Crippen molar-refractivity contribution in [3.63, 3.8) is 0 Å². The molecule has 1 saturated heterocycles. The quantitative estimate of drug-likeness (QED) is 0.881. The molecule has 17 heavy (non-hydrogen) atoms. The Kier molecular flexibility index (Phi) is 3.33. The number of halogens is 1. The molecule has 2 rings (SSSR count). The molecule has 1 aromatic carbocycles. The summed E-state index contributed by atoms with van der Waals surface area (Å²) in [5, 5.41) is 9.13. The van der Waals surface area contributed by atoms with Gasteiger partial charge in [-0.15, -0.1) is 0 Å². The van der Waals surface area contributed by atoms with Crippen LogP contribution in [0, 0.1) is 0 Å². The van der Waals surface area contributed by atoms with E-state index in [1.54, 1.807) is 11.0 Å². The monoisotopic (exact) mass is 253 g/mol. The average molecular weight is 254 g/mol. The van der Waals surface area contributed by atoms with E-state index in [-0.39, 0.29) is 11.5 Å². The van der Waals surface area contributed by atoms with Gasteiger partial charge in [0, 0.05) is 13.0 Å². The Bertz CT molecular complexity index is 473. The summed E-state index contributed by atoms with van der Waals surface area (Å²) in [5.74, 6) is -0.982. The number of carboxylic acid groups (broad SMARTS) is 1. The van der Waals surface area contributed by atoms with Gasteiger partial charge in [-0.3, -0.25) is 4.79 Å². The van der Waals surface area contributed by atoms with Crippen molar-refractivity contribution in [1.82, 2.24) is 0 Å². The van der Waals surface area contributed by atoms with Crippen LogP contribution in [-0.2, 0) is 4.79 Å². The largest absolute Gasteiger partial charge is 0.478 e. The summed E-state index contributed by atoms with van der Waals surface area (Å²) >= 11 is 6.01. The average Bonchev–Trinajstić information content (AvgIpc) is 2.30. The summed E-state index contributed by atoms with van der Waals surface area (Å²) in [6.07, 6.45) is 2.37. The van der Waals surface area contributed by atoms with Crippen molar-refractivity contribution in [3.8, 4) is 0 Å². The first-order valence-electron chi connectivity index (χ1n) is 5.43. The van der Waals surface area contributed by atoms with Crippen molar-refractivity contribution in [2.24, 2.45) is 0 Å². The molecule has 1 fully saturated rings. The highest BCUT2D eigenvalue weighted by Crippen LogP contribution is 2.29. The predicted molar refractivity (Wildman–Crippen MR) is 64.6 cm³/mol. The van der Waals surface area contributed by atoms with Crippen LogP contribution in [0.3, 0.4) is 0 Å². The highest BCUT2D eigenvalue weighted by Gasteiger charge is 2.22. The van der Waals surface area contributed by atoms with Crippen molar-refractivity contribution in [1.29, 1.82) is 0 Å². The first-order valence-corrected chi connectivity index (χ1v) is 5.80. The zero-order valence-corrected chi connectivity index (χ0v) is 9.91. The van der Waals surface area contributed by atoms with Gasteiger partial charge in [-0.05, 0) is 31.0 Å². The molecular formula is C12H12ClNO3. The minimum atomic E-state index is -1.02. The van der Waals surface area contributed by atoms with Crippen LogP contribution in [0.2, 0.25) is 5.02 Å². The second-order valence-corrected chi connectivity index (χ2v) is 4.38. The fraction of sp³-hybridized carbons (Fsp3) is 0.333. The number of amides is 1. The number of nitrogens with zero attached hydrogens (tertiary/aromatic N) is 1. The fourth-order valence-electron chi connectivity index (χ4n) is 1.92. The van der Waals surface area contributed by atoms with E-state index in [1.165, 1.54) is 12.1 Å². The van der Waals surface area contributed by atoms with Crippen LogP contribution in [-0.4, -0.2) is 23.5 Å². The van der Waals surface area contributed by atoms with Gasteiger partial charge >= 0.3 is 5.97 Å². The minimum Gasteiger partial charge on any atom is -0.478 e. The molecule has 0 unspecified atom stereocenters. The van der Waals surface area contributed by atoms with Crippen molar-refractivity contribution >= 4 is 29.2 Å². The third kappa shape index (κ3) is 2.42. The normalized spacial score (nSPS) is 16.1. The zero-order valence-electron chi connectivity index (χ0n) is 9.15. The van der Waals surface area contributed by atoms with Crippen LogP contribution in [0.25, 0.3) is 0 Å². The van der Waals surface area contributed by atoms with E-state index in [1.807, 2.05) is 0 Å². The van der Waals surface area contributed by atoms with Gasteiger partial charge in [-0.2, -0.15) is 0 Å². The highest BCUT2D eigenvalue weighted by atomic mass is 35.5. The fourth-order valence-corrected chi connectivity index (χ4v) is 2.20. The summed E-state index contributed by atoms with van der Waals surface area (Å²) in [6.45, 7) is 0.644. The minimum absolute atomic E-state index is 0.0428. The number of hydrogen-bond donors (Lipinski definition) is 1. The van der Waals surface area contributed by atoms with E-state index in [0.29, 0.717) is 23.7 Å². The second-order valence-electron chi connectivity index (χ2n) is 3.97. The number of benzene rings is 1. The molecule has 5 heteroatoms. The second kappa shape index (κ2) is 4.75. The van der Waals surface area contributed by atoms with Gasteiger partial charge in [-0.1, -0.05) is 11.6 Å². The number of carbonyl (C=O) groups is 2. The number of aromatic carboxylic acids is 1. The Balaban J connectivity index is 2.32. The van der Waals surface area contributed by atoms with E-state index in [4.69, 9.17) is 16.7 Å². The van der Waals surface area contributed by atoms with Gasteiger partial charge in [0.2, 0.25) is 5.91 Å². The molecule has 0 saturated carbocycles. The molecule has 1 N–H and O–H groups in total. The predicted octanol–water partition coefficient (Wildman–Crippen LogP) is 2.56. The zero-order chi connectivity index (χ0) is 12.4. The maximum absolute atomic E-state index is 11.7. The molecule has 0 radical (unpaired) electrons. The van der Waals surface area contributed by atoms with Gasteiger partial charge in [0.25, 0.3) is 0 Å². The summed E-state index contributed by atoms with van der Waals surface area (Å²) in [6, 6.07) is 4.43. The van der Waals surface area contributed by atoms with Gasteiger partial charge in [0.1, 0.15) is 0 Å². The molecule has 0 atom stereocenters. The Morgan fingerprint density at radius 2 is 2.12 bits per heavy atom. The van der Waals surface area contributed by atoms with Crippen LogP contribution in [0.4, 0.5) is 5.69 Å². The van der Waals surface area contributed by atoms with Gasteiger partial charge in [0.05, 0.1) is 16.3 Å². The SMILES string of the molecule is O=C(O)c1ccc(N2CCCCC2=O)c(Cl)c1. The van der Waals surface area contributed by atoms with E-state index in [9.17, 15) is 9.59 Å². The van der Waals surface area contributed by atoms with Crippen LogP contribution in [0.5, 0.6) is 0 Å². The van der Waals surface area contributed by atoms with Crippen LogP contribution in [0.1, 0.15) is 29.6 Å². The molecule has 0 spiro atoms. The molecule has 0 aromatic heterocycles. The molecule has 1 aliphatic heterocycles. The lowest BCUT2D eigenvalue weighted by Crippen LogP contribution is -2.35. The van der Waals surface area contributed by atoms with Crippen molar-refractivity contribution in [3.05, 3.63) is 28.8 Å². The van der Waals surface area contributed by atoms with E-state index >= 15 is 0 Å². The maximum Gasteiger partial charge on any atom is 0.335 e. The highest BCUT2D eigenvalue weighted by molar-refractivity contribution is 6.34. The van der Waals surface area contributed by atoms with Crippen LogP contribution in [0.15, 0.2) is 18.2 Å². The van der Waals surface area contributed by atoms with Crippen LogP contribution >= 0.6 is 11.6 Å². The molecule has 1 aromatic rings. The van der Waals surface area contributed by atoms with E-state index < -0.39 is 5.97 Å². The lowest BCUT2D eigenvalue weighted by Gasteiger charge is -2.27. The molecule has 0 bridgehead atoms. The lowest BCUT2D eigenvalue weighted by atomic mass is 10.1. The third-order valence-corrected chi connectivity index (χ3v) is 3.11. The van der Waals surface area contributed by atoms with Crippen molar-refractivity contribution in [2.45, 2.75) is 19.3 Å². The Labute approximate surface area is 104 Å². The van der Waals surface area contributed by atoms with Crippen molar-refractivity contribution in [2.75, 3.05) is 11.4 Å². The van der Waals surface area contributed by atoms with Crippen LogP contribution < -0.4 is 4.90 Å². The molecule has 4 nitrogen and oxygen atoms in total. The number of hydrogen-bond acceptors (Lipinski definition) is 2. The molecule has 1 amide bonds. The van der Waals surface area contributed by atoms with Gasteiger partial charge in [-0.25, -0.2) is 4.79 Å². The summed E-state index contributed by atoms with van der Waals surface area (Å²) in [7, 11) is 0. The van der Waals surface area contributed by atoms with Gasteiger partial charge < -0.3 is 10.0 Å². The Hall–Kier alpha value is -1.55. The smallest absolute Gasteiger partial charge is 0.335 e. The standard InChI is InChI=1S/C12H12ClNO3/c13-9-7-8(12(16)17)4-5-10(9)14-6-2-1-3-11(14)15/h4-5,7H,1-3,6H2,(H,16,17). The van der Waals surface area contributed by atoms with E-state index in [2.05, 4.69) is 0 Å². The summed E-state index contributed by atoms with van der Waals surface area (Å²) < 4.78 is 0.